The minimum absolute atomic E-state index is 0.175. The normalized spacial score (nSPS) is 24.5. The van der Waals surface area contributed by atoms with E-state index < -0.39 is 10.8 Å². The number of halogens is 1. The number of hydrogen-bond donors (Lipinski definition) is 1. The zero-order valence-corrected chi connectivity index (χ0v) is 10.6. The zero-order chi connectivity index (χ0) is 12.7. The Labute approximate surface area is 106 Å². The second kappa shape index (κ2) is 4.35. The molecule has 1 fully saturated rings. The van der Waals surface area contributed by atoms with Crippen molar-refractivity contribution in [3.05, 3.63) is 24.0 Å². The van der Waals surface area contributed by atoms with Gasteiger partial charge in [-0.2, -0.15) is 0 Å². The van der Waals surface area contributed by atoms with E-state index in [1.807, 2.05) is 10.6 Å². The van der Waals surface area contributed by atoms with Gasteiger partial charge in [0.2, 0.25) is 5.95 Å². The van der Waals surface area contributed by atoms with Crippen LogP contribution >= 0.6 is 0 Å². The van der Waals surface area contributed by atoms with Gasteiger partial charge in [0.25, 0.3) is 0 Å². The van der Waals surface area contributed by atoms with Crippen LogP contribution in [0.5, 0.6) is 0 Å². The fourth-order valence-electron chi connectivity index (χ4n) is 2.52. The van der Waals surface area contributed by atoms with E-state index in [2.05, 4.69) is 4.98 Å². The van der Waals surface area contributed by atoms with E-state index in [1.54, 1.807) is 6.07 Å². The molecule has 4 nitrogen and oxygen atoms in total. The molecule has 0 spiro atoms. The van der Waals surface area contributed by atoms with E-state index in [0.717, 1.165) is 18.4 Å². The van der Waals surface area contributed by atoms with Crippen molar-refractivity contribution in [2.24, 2.45) is 0 Å². The summed E-state index contributed by atoms with van der Waals surface area (Å²) in [6, 6.07) is 5.05. The van der Waals surface area contributed by atoms with Gasteiger partial charge in [-0.15, -0.1) is 0 Å². The highest BCUT2D eigenvalue weighted by atomic mass is 32.2. The topological polar surface area (TPSA) is 60.9 Å². The van der Waals surface area contributed by atoms with Crippen LogP contribution in [-0.4, -0.2) is 25.3 Å². The minimum Gasteiger partial charge on any atom is -0.369 e. The number of rotatable bonds is 1. The molecule has 0 amide bonds. The van der Waals surface area contributed by atoms with Crippen LogP contribution in [0, 0.1) is 5.82 Å². The lowest BCUT2D eigenvalue weighted by Crippen LogP contribution is -2.22. The van der Waals surface area contributed by atoms with E-state index in [0.29, 0.717) is 23.0 Å². The smallest absolute Gasteiger partial charge is 0.201 e. The van der Waals surface area contributed by atoms with Crippen molar-refractivity contribution in [3.8, 4) is 0 Å². The van der Waals surface area contributed by atoms with Gasteiger partial charge >= 0.3 is 0 Å². The predicted octanol–water partition coefficient (Wildman–Crippen LogP) is 1.84. The van der Waals surface area contributed by atoms with Gasteiger partial charge in [-0.1, -0.05) is 6.07 Å². The van der Waals surface area contributed by atoms with Crippen LogP contribution in [0.15, 0.2) is 18.2 Å². The summed E-state index contributed by atoms with van der Waals surface area (Å²) in [4.78, 5) is 4.10. The highest BCUT2D eigenvalue weighted by Gasteiger charge is 2.23. The van der Waals surface area contributed by atoms with E-state index in [9.17, 15) is 8.60 Å². The molecule has 1 aliphatic heterocycles. The van der Waals surface area contributed by atoms with Crippen LogP contribution in [0.1, 0.15) is 18.9 Å². The number of benzene rings is 1. The van der Waals surface area contributed by atoms with Gasteiger partial charge in [0.1, 0.15) is 5.52 Å². The molecule has 1 saturated heterocycles. The molecule has 0 unspecified atom stereocenters. The number of imidazole rings is 1. The van der Waals surface area contributed by atoms with Crippen LogP contribution in [0.4, 0.5) is 10.3 Å². The first-order valence-electron chi connectivity index (χ1n) is 5.93. The van der Waals surface area contributed by atoms with Gasteiger partial charge < -0.3 is 10.3 Å². The molecule has 0 bridgehead atoms. The molecule has 1 aromatic heterocycles. The number of anilines is 1. The predicted molar refractivity (Wildman–Crippen MR) is 70.3 cm³/mol. The van der Waals surface area contributed by atoms with Gasteiger partial charge in [-0.25, -0.2) is 9.37 Å². The molecular weight excluding hydrogens is 253 g/mol. The van der Waals surface area contributed by atoms with E-state index >= 15 is 0 Å². The number of nitrogens with zero attached hydrogens (tertiary/aromatic N) is 2. The molecule has 0 atom stereocenters. The van der Waals surface area contributed by atoms with Crippen molar-refractivity contribution in [1.29, 1.82) is 0 Å². The second-order valence-corrected chi connectivity index (χ2v) is 6.22. The summed E-state index contributed by atoms with van der Waals surface area (Å²) >= 11 is 0. The zero-order valence-electron chi connectivity index (χ0n) is 9.80. The van der Waals surface area contributed by atoms with Crippen LogP contribution in [0.3, 0.4) is 0 Å². The molecule has 18 heavy (non-hydrogen) atoms. The first kappa shape index (κ1) is 11.6. The Morgan fingerprint density at radius 2 is 2.11 bits per heavy atom. The second-order valence-electron chi connectivity index (χ2n) is 4.53. The monoisotopic (exact) mass is 267 g/mol. The lowest BCUT2D eigenvalue weighted by Gasteiger charge is -2.24. The van der Waals surface area contributed by atoms with Gasteiger partial charge in [-0.05, 0) is 25.0 Å². The summed E-state index contributed by atoms with van der Waals surface area (Å²) in [5.74, 6) is 1.35. The number of para-hydroxylation sites is 1. The Bertz CT molecular complexity index is 615. The summed E-state index contributed by atoms with van der Waals surface area (Å²) < 4.78 is 26.9. The highest BCUT2D eigenvalue weighted by molar-refractivity contribution is 7.85. The maximum absolute atomic E-state index is 13.6. The third-order valence-corrected chi connectivity index (χ3v) is 4.80. The Morgan fingerprint density at radius 3 is 2.83 bits per heavy atom. The maximum atomic E-state index is 13.6. The summed E-state index contributed by atoms with van der Waals surface area (Å²) in [5, 5.41) is 0. The van der Waals surface area contributed by atoms with Crippen molar-refractivity contribution in [1.82, 2.24) is 9.55 Å². The largest absolute Gasteiger partial charge is 0.369 e. The van der Waals surface area contributed by atoms with E-state index in [4.69, 9.17) is 5.73 Å². The molecular formula is C12H14FN3OS. The van der Waals surface area contributed by atoms with Crippen molar-refractivity contribution in [2.75, 3.05) is 17.2 Å². The lowest BCUT2D eigenvalue weighted by molar-refractivity contribution is 0.478. The molecule has 6 heteroatoms. The van der Waals surface area contributed by atoms with Gasteiger partial charge in [-0.3, -0.25) is 4.21 Å². The quantitative estimate of drug-likeness (QED) is 0.857. The van der Waals surface area contributed by atoms with Gasteiger partial charge in [0.15, 0.2) is 5.82 Å². The molecule has 2 heterocycles. The van der Waals surface area contributed by atoms with Crippen molar-refractivity contribution in [3.63, 3.8) is 0 Å². The average Bonchev–Trinajstić information content (AvgIpc) is 2.69. The van der Waals surface area contributed by atoms with Crippen LogP contribution < -0.4 is 5.73 Å². The first-order chi connectivity index (χ1) is 8.66. The Morgan fingerprint density at radius 1 is 1.39 bits per heavy atom. The van der Waals surface area contributed by atoms with Crippen LogP contribution in [-0.2, 0) is 10.8 Å². The summed E-state index contributed by atoms with van der Waals surface area (Å²) in [7, 11) is -0.716. The molecule has 3 rings (SSSR count). The highest BCUT2D eigenvalue weighted by Crippen LogP contribution is 2.30. The van der Waals surface area contributed by atoms with Crippen molar-refractivity contribution >= 4 is 27.8 Å². The SMILES string of the molecule is Nc1nc2c(F)cccc2n1C1CCS(=O)CC1. The number of hydrogen-bond acceptors (Lipinski definition) is 3. The summed E-state index contributed by atoms with van der Waals surface area (Å²) in [6.45, 7) is 0. The number of fused-ring (bicyclic) bond motifs is 1. The van der Waals surface area contributed by atoms with E-state index in [1.165, 1.54) is 6.07 Å². The third kappa shape index (κ3) is 1.80. The summed E-state index contributed by atoms with van der Waals surface area (Å²) in [5.41, 5.74) is 6.95. The number of nitrogen functional groups attached to an aromatic ring is 1. The van der Waals surface area contributed by atoms with Crippen molar-refractivity contribution in [2.45, 2.75) is 18.9 Å². The molecule has 0 aliphatic carbocycles. The molecule has 96 valence electrons. The van der Waals surface area contributed by atoms with Crippen molar-refractivity contribution < 1.29 is 8.60 Å². The molecule has 2 N–H and O–H groups in total. The van der Waals surface area contributed by atoms with Gasteiger partial charge in [0, 0.05) is 28.3 Å². The van der Waals surface area contributed by atoms with Crippen LogP contribution in [0.2, 0.25) is 0 Å². The lowest BCUT2D eigenvalue weighted by atomic mass is 10.1. The number of nitrogens with two attached hydrogens (primary N) is 1. The van der Waals surface area contributed by atoms with E-state index in [-0.39, 0.29) is 11.9 Å². The molecule has 0 radical (unpaired) electrons. The molecule has 2 aromatic rings. The Hall–Kier alpha value is -1.43. The third-order valence-electron chi connectivity index (χ3n) is 3.42. The van der Waals surface area contributed by atoms with Crippen LogP contribution in [0.25, 0.3) is 11.0 Å². The molecule has 1 aromatic carbocycles. The maximum Gasteiger partial charge on any atom is 0.201 e. The Kier molecular flexibility index (Phi) is 2.81. The summed E-state index contributed by atoms with van der Waals surface area (Å²) in [6.07, 6.45) is 1.61. The number of aromatic nitrogens is 2. The first-order valence-corrected chi connectivity index (χ1v) is 7.42. The fraction of sp³-hybridized carbons (Fsp3) is 0.417. The standard InChI is InChI=1S/C12H14FN3OS/c13-9-2-1-3-10-11(9)15-12(14)16(10)8-4-6-18(17)7-5-8/h1-3,8H,4-7H2,(H2,14,15). The molecule has 0 saturated carbocycles. The Balaban J connectivity index is 2.08. The van der Waals surface area contributed by atoms with Gasteiger partial charge in [0.05, 0.1) is 5.52 Å². The minimum atomic E-state index is -0.716. The average molecular weight is 267 g/mol. The fourth-order valence-corrected chi connectivity index (χ4v) is 3.80. The molecule has 1 aliphatic rings.